The van der Waals surface area contributed by atoms with E-state index in [1.54, 1.807) is 4.90 Å². The van der Waals surface area contributed by atoms with Crippen molar-refractivity contribution in [1.82, 2.24) is 0 Å². The molecule has 1 aromatic carbocycles. The Morgan fingerprint density at radius 3 is 2.14 bits per heavy atom. The van der Waals surface area contributed by atoms with Crippen LogP contribution in [-0.4, -0.2) is 45.2 Å². The number of amides is 1. The molecule has 0 unspecified atom stereocenters. The Hall–Kier alpha value is -1.39. The third-order valence-electron chi connectivity index (χ3n) is 4.60. The summed E-state index contributed by atoms with van der Waals surface area (Å²) < 4.78 is 0. The number of carbonyl (C=O) groups excluding carboxylic acids is 1. The van der Waals surface area contributed by atoms with E-state index in [1.807, 2.05) is 19.1 Å². The van der Waals surface area contributed by atoms with Crippen LogP contribution in [0, 0.1) is 0 Å². The number of quaternary nitrogens is 2. The zero-order chi connectivity index (χ0) is 15.4. The fraction of sp³-hybridized carbons (Fsp3) is 0.588. The van der Waals surface area contributed by atoms with E-state index in [0.29, 0.717) is 5.92 Å². The number of anilines is 1. The molecule has 0 spiro atoms. The molecule has 116 valence electrons. The number of carbonyl (C=O) groups is 1. The van der Waals surface area contributed by atoms with Crippen molar-refractivity contribution in [3.05, 3.63) is 29.8 Å². The molecule has 3 N–H and O–H groups in total. The van der Waals surface area contributed by atoms with Gasteiger partial charge < -0.3 is 15.1 Å². The predicted octanol–water partition coefficient (Wildman–Crippen LogP) is -0.450. The van der Waals surface area contributed by atoms with Crippen LogP contribution in [0.3, 0.4) is 0 Å². The minimum absolute atomic E-state index is 0.0166. The Balaban J connectivity index is 1.91. The van der Waals surface area contributed by atoms with Crippen molar-refractivity contribution in [2.24, 2.45) is 0 Å². The van der Waals surface area contributed by atoms with E-state index < -0.39 is 0 Å². The van der Waals surface area contributed by atoms with Gasteiger partial charge in [0.25, 0.3) is 5.91 Å². The van der Waals surface area contributed by atoms with Gasteiger partial charge in [0.15, 0.2) is 6.04 Å². The summed E-state index contributed by atoms with van der Waals surface area (Å²) in [7, 11) is 2.22. The van der Waals surface area contributed by atoms with Crippen LogP contribution in [0.1, 0.15) is 32.3 Å². The number of nitrogens with one attached hydrogen (secondary N) is 3. The van der Waals surface area contributed by atoms with Crippen LogP contribution in [0.5, 0.6) is 0 Å². The van der Waals surface area contributed by atoms with Crippen LogP contribution >= 0.6 is 0 Å². The van der Waals surface area contributed by atoms with E-state index in [-0.39, 0.29) is 11.9 Å². The summed E-state index contributed by atoms with van der Waals surface area (Å²) in [5.41, 5.74) is 2.20. The molecule has 1 aliphatic heterocycles. The zero-order valence-electron chi connectivity index (χ0n) is 13.7. The number of hydrogen-bond acceptors (Lipinski definition) is 1. The van der Waals surface area contributed by atoms with E-state index in [4.69, 9.17) is 0 Å². The lowest BCUT2D eigenvalue weighted by atomic mass is 10.0. The lowest BCUT2D eigenvalue weighted by Crippen LogP contribution is -3.29. The molecule has 2 rings (SSSR count). The first kappa shape index (κ1) is 16.0. The van der Waals surface area contributed by atoms with Crippen LogP contribution in [-0.2, 0) is 4.79 Å². The minimum atomic E-state index is 0.0166. The summed E-state index contributed by atoms with van der Waals surface area (Å²) >= 11 is 0. The highest BCUT2D eigenvalue weighted by molar-refractivity contribution is 5.93. The number of likely N-dealkylation sites (N-methyl/N-ethyl adjacent to an activating group) is 1. The fourth-order valence-electron chi connectivity index (χ4n) is 2.82. The van der Waals surface area contributed by atoms with Gasteiger partial charge >= 0.3 is 0 Å². The maximum atomic E-state index is 12.4. The van der Waals surface area contributed by atoms with E-state index in [1.165, 1.54) is 10.5 Å². The second kappa shape index (κ2) is 7.05. The highest BCUT2D eigenvalue weighted by atomic mass is 16.2. The molecular formula is C17H29N3O+2. The van der Waals surface area contributed by atoms with Crippen LogP contribution in [0.4, 0.5) is 5.69 Å². The lowest BCUT2D eigenvalue weighted by Gasteiger charge is -2.30. The average Bonchev–Trinajstić information content (AvgIpc) is 2.47. The molecule has 1 heterocycles. The van der Waals surface area contributed by atoms with E-state index >= 15 is 0 Å². The van der Waals surface area contributed by atoms with Crippen LogP contribution < -0.4 is 15.1 Å². The van der Waals surface area contributed by atoms with Gasteiger partial charge in [0, 0.05) is 5.69 Å². The quantitative estimate of drug-likeness (QED) is 0.691. The molecule has 4 nitrogen and oxygen atoms in total. The first-order valence-corrected chi connectivity index (χ1v) is 8.04. The first-order valence-electron chi connectivity index (χ1n) is 8.04. The van der Waals surface area contributed by atoms with Gasteiger partial charge in [-0.25, -0.2) is 0 Å². The summed E-state index contributed by atoms with van der Waals surface area (Å²) in [6, 6.07) is 8.21. The highest BCUT2D eigenvalue weighted by Crippen LogP contribution is 2.17. The highest BCUT2D eigenvalue weighted by Gasteiger charge is 2.29. The molecule has 0 radical (unpaired) electrons. The Morgan fingerprint density at radius 1 is 1.05 bits per heavy atom. The van der Waals surface area contributed by atoms with Crippen molar-refractivity contribution in [3.8, 4) is 0 Å². The molecule has 1 amide bonds. The number of rotatable bonds is 4. The molecule has 0 saturated carbocycles. The van der Waals surface area contributed by atoms with Crippen LogP contribution in [0.2, 0.25) is 0 Å². The molecule has 0 aromatic heterocycles. The molecule has 1 aliphatic rings. The Bertz CT molecular complexity index is 461. The van der Waals surface area contributed by atoms with Crippen molar-refractivity contribution in [3.63, 3.8) is 0 Å². The summed E-state index contributed by atoms with van der Waals surface area (Å²) in [6.07, 6.45) is 0. The molecule has 21 heavy (non-hydrogen) atoms. The van der Waals surface area contributed by atoms with Gasteiger partial charge in [-0.3, -0.25) is 4.79 Å². The molecule has 4 heteroatoms. The van der Waals surface area contributed by atoms with E-state index in [9.17, 15) is 4.79 Å². The number of piperazine rings is 1. The van der Waals surface area contributed by atoms with Gasteiger partial charge in [-0.05, 0) is 30.5 Å². The maximum Gasteiger partial charge on any atom is 0.282 e. The number of hydrogen-bond donors (Lipinski definition) is 3. The van der Waals surface area contributed by atoms with E-state index in [2.05, 4.69) is 38.3 Å². The standard InChI is InChI=1S/C17H27N3O/c1-13(2)15-5-7-16(8-6-15)18-17(21)14(3)20-11-9-19(4)10-12-20/h5-8,13-14H,9-12H2,1-4H3,(H,18,21)/p+2/t14-/m1/s1. The summed E-state index contributed by atoms with van der Waals surface area (Å²) in [5.74, 6) is 0.646. The largest absolute Gasteiger partial charge is 0.328 e. The summed E-state index contributed by atoms with van der Waals surface area (Å²) in [5, 5.41) is 3.05. The van der Waals surface area contributed by atoms with Crippen LogP contribution in [0.15, 0.2) is 24.3 Å². The second-order valence-electron chi connectivity index (χ2n) is 6.60. The van der Waals surface area contributed by atoms with Crippen molar-refractivity contribution < 1.29 is 14.6 Å². The van der Waals surface area contributed by atoms with Crippen molar-refractivity contribution >= 4 is 11.6 Å². The first-order chi connectivity index (χ1) is 9.97. The van der Waals surface area contributed by atoms with Gasteiger partial charge in [0.1, 0.15) is 26.2 Å². The molecule has 0 aliphatic carbocycles. The summed E-state index contributed by atoms with van der Waals surface area (Å²) in [6.45, 7) is 10.8. The molecular weight excluding hydrogens is 262 g/mol. The van der Waals surface area contributed by atoms with Gasteiger partial charge in [0.2, 0.25) is 0 Å². The minimum Gasteiger partial charge on any atom is -0.328 e. The molecule has 1 aromatic rings. The van der Waals surface area contributed by atoms with Gasteiger partial charge in [-0.2, -0.15) is 0 Å². The van der Waals surface area contributed by atoms with Crippen molar-refractivity contribution in [2.45, 2.75) is 32.7 Å². The second-order valence-corrected chi connectivity index (χ2v) is 6.60. The van der Waals surface area contributed by atoms with Gasteiger partial charge in [-0.1, -0.05) is 26.0 Å². The fourth-order valence-corrected chi connectivity index (χ4v) is 2.82. The molecule has 1 saturated heterocycles. The van der Waals surface area contributed by atoms with Crippen molar-refractivity contribution in [1.29, 1.82) is 0 Å². The van der Waals surface area contributed by atoms with Crippen LogP contribution in [0.25, 0.3) is 0 Å². The zero-order valence-corrected chi connectivity index (χ0v) is 13.7. The monoisotopic (exact) mass is 291 g/mol. The predicted molar refractivity (Wildman–Crippen MR) is 85.9 cm³/mol. The molecule has 1 atom stereocenters. The third-order valence-corrected chi connectivity index (χ3v) is 4.60. The SMILES string of the molecule is CC(C)c1ccc(NC(=O)[C@@H](C)[NH+]2CC[NH+](C)CC2)cc1. The third kappa shape index (κ3) is 4.29. The van der Waals surface area contributed by atoms with Crippen molar-refractivity contribution in [2.75, 3.05) is 38.5 Å². The lowest BCUT2D eigenvalue weighted by molar-refractivity contribution is -1.01. The Kier molecular flexibility index (Phi) is 5.37. The topological polar surface area (TPSA) is 38.0 Å². The Labute approximate surface area is 128 Å². The molecule has 0 bridgehead atoms. The average molecular weight is 291 g/mol. The smallest absolute Gasteiger partial charge is 0.282 e. The van der Waals surface area contributed by atoms with E-state index in [0.717, 1.165) is 31.9 Å². The maximum absolute atomic E-state index is 12.4. The van der Waals surface area contributed by atoms with Gasteiger partial charge in [-0.15, -0.1) is 0 Å². The number of benzene rings is 1. The Morgan fingerprint density at radius 2 is 1.62 bits per heavy atom. The van der Waals surface area contributed by atoms with Gasteiger partial charge in [0.05, 0.1) is 7.05 Å². The summed E-state index contributed by atoms with van der Waals surface area (Å²) in [4.78, 5) is 15.3. The molecule has 1 fully saturated rings. The normalized spacial score (nSPS) is 23.9.